The molecule has 0 radical (unpaired) electrons. The Hall–Kier alpha value is -2.09. The molecule has 0 spiro atoms. The number of carbonyl (C=O) groups excluding carboxylic acids is 1. The maximum Gasteiger partial charge on any atom is 0.334 e. The van der Waals surface area contributed by atoms with Crippen LogP contribution in [-0.2, 0) is 14.3 Å². The molecule has 5 heteroatoms. The number of aliphatic carboxylic acids is 1. The van der Waals surface area contributed by atoms with E-state index in [4.69, 9.17) is 10.4 Å². The molecule has 0 aliphatic heterocycles. The van der Waals surface area contributed by atoms with Crippen molar-refractivity contribution in [1.29, 1.82) is 5.26 Å². The number of ether oxygens (including phenoxy) is 1. The number of hydrogen-bond donors (Lipinski definition) is 1. The summed E-state index contributed by atoms with van der Waals surface area (Å²) in [4.78, 5) is 20.2. The van der Waals surface area contributed by atoms with Gasteiger partial charge in [0.15, 0.2) is 0 Å². The van der Waals surface area contributed by atoms with E-state index in [-0.39, 0.29) is 11.1 Å². The second-order valence-corrected chi connectivity index (χ2v) is 2.95. The summed E-state index contributed by atoms with van der Waals surface area (Å²) in [7, 11) is 1.26. The summed E-state index contributed by atoms with van der Waals surface area (Å²) in [5.41, 5.74) is 0.375. The highest BCUT2D eigenvalue weighted by molar-refractivity contribution is 5.88. The molecule has 5 nitrogen and oxygen atoms in total. The fourth-order valence-electron chi connectivity index (χ4n) is 0.386. The predicted molar refractivity (Wildman–Crippen MR) is 58.4 cm³/mol. The number of esters is 1. The van der Waals surface area contributed by atoms with E-state index in [0.29, 0.717) is 0 Å². The van der Waals surface area contributed by atoms with Gasteiger partial charge in [0.25, 0.3) is 0 Å². The summed E-state index contributed by atoms with van der Waals surface area (Å²) in [6, 6.07) is 1.88. The first-order chi connectivity index (χ1) is 7.27. The molecular formula is C11H15NO4. The Balaban J connectivity index is 0. The highest BCUT2D eigenvalue weighted by atomic mass is 16.5. The van der Waals surface area contributed by atoms with Gasteiger partial charge < -0.3 is 9.84 Å². The van der Waals surface area contributed by atoms with E-state index in [2.05, 4.69) is 17.9 Å². The van der Waals surface area contributed by atoms with Crippen LogP contribution in [0.5, 0.6) is 0 Å². The van der Waals surface area contributed by atoms with Gasteiger partial charge in [0.05, 0.1) is 19.1 Å². The lowest BCUT2D eigenvalue weighted by atomic mass is 10.1. The maximum absolute atomic E-state index is 10.6. The van der Waals surface area contributed by atoms with Crippen molar-refractivity contribution in [3.05, 3.63) is 24.3 Å². The minimum absolute atomic E-state index is 0.176. The lowest BCUT2D eigenvalue weighted by Crippen LogP contribution is -2.09. The number of methoxy groups -OCH3 is 1. The molecule has 0 saturated carbocycles. The van der Waals surface area contributed by atoms with Crippen molar-refractivity contribution in [2.24, 2.45) is 5.92 Å². The molecule has 0 amide bonds. The lowest BCUT2D eigenvalue weighted by molar-refractivity contribution is -0.136. The molecule has 0 bridgehead atoms. The van der Waals surface area contributed by atoms with Gasteiger partial charge in [0, 0.05) is 11.1 Å². The van der Waals surface area contributed by atoms with Gasteiger partial charge in [-0.25, -0.2) is 9.59 Å². The van der Waals surface area contributed by atoms with Crippen molar-refractivity contribution in [2.75, 3.05) is 7.11 Å². The summed E-state index contributed by atoms with van der Waals surface area (Å²) in [5.74, 6) is -1.92. The molecule has 1 atom stereocenters. The number of nitrogens with zero attached hydrogens (tertiary/aromatic N) is 1. The van der Waals surface area contributed by atoms with Crippen LogP contribution in [-0.4, -0.2) is 24.2 Å². The third-order valence-electron chi connectivity index (χ3n) is 1.53. The van der Waals surface area contributed by atoms with Crippen LogP contribution in [0.3, 0.4) is 0 Å². The fraction of sp³-hybridized carbons (Fsp3) is 0.364. The second-order valence-electron chi connectivity index (χ2n) is 2.95. The van der Waals surface area contributed by atoms with Gasteiger partial charge in [-0.15, -0.1) is 0 Å². The Kier molecular flexibility index (Phi) is 8.41. The van der Waals surface area contributed by atoms with Gasteiger partial charge in [0.1, 0.15) is 0 Å². The van der Waals surface area contributed by atoms with Crippen molar-refractivity contribution in [3.8, 4) is 6.07 Å². The number of rotatable bonds is 3. The number of carboxylic acids is 1. The monoisotopic (exact) mass is 225 g/mol. The van der Waals surface area contributed by atoms with Crippen LogP contribution in [0, 0.1) is 17.2 Å². The van der Waals surface area contributed by atoms with Crippen LogP contribution >= 0.6 is 0 Å². The highest BCUT2D eigenvalue weighted by Crippen LogP contribution is 2.07. The van der Waals surface area contributed by atoms with Gasteiger partial charge in [0.2, 0.25) is 0 Å². The molecular weight excluding hydrogens is 210 g/mol. The number of nitriles is 1. The van der Waals surface area contributed by atoms with Gasteiger partial charge in [-0.1, -0.05) is 13.2 Å². The molecule has 0 saturated heterocycles. The average molecular weight is 225 g/mol. The zero-order chi connectivity index (χ0) is 13.3. The Morgan fingerprint density at radius 3 is 2.00 bits per heavy atom. The Labute approximate surface area is 94.6 Å². The summed E-state index contributed by atoms with van der Waals surface area (Å²) < 4.78 is 4.35. The molecule has 1 N–H and O–H groups in total. The smallest absolute Gasteiger partial charge is 0.334 e. The van der Waals surface area contributed by atoms with Crippen molar-refractivity contribution < 1.29 is 19.4 Å². The highest BCUT2D eigenvalue weighted by Gasteiger charge is 2.13. The van der Waals surface area contributed by atoms with E-state index in [9.17, 15) is 9.59 Å². The molecule has 0 fully saturated rings. The fourth-order valence-corrected chi connectivity index (χ4v) is 0.386. The zero-order valence-electron chi connectivity index (χ0n) is 9.61. The molecule has 16 heavy (non-hydrogen) atoms. The lowest BCUT2D eigenvalue weighted by Gasteiger charge is -2.02. The molecule has 0 rings (SSSR count). The van der Waals surface area contributed by atoms with Gasteiger partial charge in [-0.05, 0) is 13.8 Å². The van der Waals surface area contributed by atoms with Gasteiger partial charge in [-0.3, -0.25) is 0 Å². The van der Waals surface area contributed by atoms with E-state index in [1.54, 1.807) is 6.92 Å². The Morgan fingerprint density at radius 1 is 1.44 bits per heavy atom. The van der Waals surface area contributed by atoms with Crippen molar-refractivity contribution >= 4 is 11.9 Å². The third-order valence-corrected chi connectivity index (χ3v) is 1.53. The first-order valence-corrected chi connectivity index (χ1v) is 4.33. The summed E-state index contributed by atoms with van der Waals surface area (Å²) in [6.07, 6.45) is 0. The molecule has 0 aromatic carbocycles. The predicted octanol–water partition coefficient (Wildman–Crippen LogP) is 1.52. The number of carbonyl (C=O) groups is 2. The number of hydrogen-bond acceptors (Lipinski definition) is 4. The molecule has 0 aliphatic carbocycles. The van der Waals surface area contributed by atoms with Crippen molar-refractivity contribution in [2.45, 2.75) is 13.8 Å². The van der Waals surface area contributed by atoms with E-state index in [1.165, 1.54) is 14.0 Å². The average Bonchev–Trinajstić information content (AvgIpc) is 2.26. The SMILES string of the molecule is C=C(C(=O)OC)C(C)C#N.C=C(C)C(=O)O. The minimum Gasteiger partial charge on any atom is -0.478 e. The standard InChI is InChI=1S/C7H9NO2.C4H6O2/c1-5(4-8)6(2)7(9)10-3;1-3(2)4(5)6/h5H,2H2,1,3H3;1H2,2H3,(H,5,6). The second kappa shape index (κ2) is 8.24. The minimum atomic E-state index is -0.935. The van der Waals surface area contributed by atoms with Crippen LogP contribution in [0.2, 0.25) is 0 Å². The first kappa shape index (κ1) is 16.3. The van der Waals surface area contributed by atoms with Crippen molar-refractivity contribution in [1.82, 2.24) is 0 Å². The molecule has 0 heterocycles. The Bertz CT molecular complexity index is 326. The molecule has 0 aromatic heterocycles. The largest absolute Gasteiger partial charge is 0.478 e. The van der Waals surface area contributed by atoms with E-state index < -0.39 is 17.9 Å². The topological polar surface area (TPSA) is 87.4 Å². The molecule has 1 unspecified atom stereocenters. The van der Waals surface area contributed by atoms with E-state index >= 15 is 0 Å². The third kappa shape index (κ3) is 7.33. The van der Waals surface area contributed by atoms with E-state index in [1.807, 2.05) is 6.07 Å². The summed E-state index contributed by atoms with van der Waals surface area (Å²) in [6.45, 7) is 9.60. The van der Waals surface area contributed by atoms with Gasteiger partial charge in [-0.2, -0.15) is 5.26 Å². The van der Waals surface area contributed by atoms with Crippen LogP contribution in [0.25, 0.3) is 0 Å². The summed E-state index contributed by atoms with van der Waals surface area (Å²) >= 11 is 0. The molecule has 88 valence electrons. The first-order valence-electron chi connectivity index (χ1n) is 4.33. The zero-order valence-corrected chi connectivity index (χ0v) is 9.61. The molecule has 0 aromatic rings. The van der Waals surface area contributed by atoms with E-state index in [0.717, 1.165) is 0 Å². The van der Waals surface area contributed by atoms with Crippen LogP contribution in [0.4, 0.5) is 0 Å². The normalized spacial score (nSPS) is 9.88. The Morgan fingerprint density at radius 2 is 1.81 bits per heavy atom. The molecule has 0 aliphatic rings. The summed E-state index contributed by atoms with van der Waals surface area (Å²) in [5, 5.41) is 16.2. The number of carboxylic acid groups (broad SMARTS) is 1. The van der Waals surface area contributed by atoms with Crippen LogP contribution in [0.1, 0.15) is 13.8 Å². The van der Waals surface area contributed by atoms with Crippen LogP contribution < -0.4 is 0 Å². The van der Waals surface area contributed by atoms with Gasteiger partial charge >= 0.3 is 11.9 Å². The van der Waals surface area contributed by atoms with Crippen molar-refractivity contribution in [3.63, 3.8) is 0 Å². The van der Waals surface area contributed by atoms with Crippen LogP contribution in [0.15, 0.2) is 24.3 Å². The quantitative estimate of drug-likeness (QED) is 0.581. The maximum atomic E-state index is 10.6.